The molecule has 6 nitrogen and oxygen atoms in total. The van der Waals surface area contributed by atoms with Crippen molar-refractivity contribution in [2.45, 2.75) is 39.0 Å². The van der Waals surface area contributed by atoms with E-state index in [-0.39, 0.29) is 11.8 Å². The Morgan fingerprint density at radius 1 is 0.903 bits per heavy atom. The van der Waals surface area contributed by atoms with Gasteiger partial charge in [0.15, 0.2) is 0 Å². The summed E-state index contributed by atoms with van der Waals surface area (Å²) in [5.41, 5.74) is 1.82. The summed E-state index contributed by atoms with van der Waals surface area (Å²) in [5, 5.41) is 2.87. The van der Waals surface area contributed by atoms with E-state index in [2.05, 4.69) is 12.2 Å². The average molecular weight is 425 g/mol. The number of nitrogens with zero attached hydrogens (tertiary/aromatic N) is 1. The van der Waals surface area contributed by atoms with Gasteiger partial charge in [-0.2, -0.15) is 0 Å². The summed E-state index contributed by atoms with van der Waals surface area (Å²) < 4.78 is 11.0. The molecule has 31 heavy (non-hydrogen) atoms. The number of hydrogen-bond acceptors (Lipinski definition) is 4. The minimum absolute atomic E-state index is 0.0119. The van der Waals surface area contributed by atoms with Crippen LogP contribution in [-0.4, -0.2) is 49.6 Å². The number of benzene rings is 2. The Labute approximate surface area is 184 Å². The Kier molecular flexibility index (Phi) is 8.91. The minimum Gasteiger partial charge on any atom is -0.494 e. The van der Waals surface area contributed by atoms with Crippen LogP contribution in [0, 0.1) is 0 Å². The third-order valence-corrected chi connectivity index (χ3v) is 5.32. The molecule has 0 bridgehead atoms. The Balaban J connectivity index is 1.46. The third kappa shape index (κ3) is 7.10. The monoisotopic (exact) mass is 424 g/mol. The van der Waals surface area contributed by atoms with E-state index < -0.39 is 0 Å². The van der Waals surface area contributed by atoms with Crippen molar-refractivity contribution in [3.63, 3.8) is 0 Å². The topological polar surface area (TPSA) is 67.9 Å². The number of amides is 2. The van der Waals surface area contributed by atoms with E-state index in [1.165, 1.54) is 25.7 Å². The molecule has 1 fully saturated rings. The second-order valence-corrected chi connectivity index (χ2v) is 7.72. The van der Waals surface area contributed by atoms with Gasteiger partial charge >= 0.3 is 0 Å². The van der Waals surface area contributed by atoms with Crippen molar-refractivity contribution in [3.8, 4) is 5.75 Å². The number of carbonyl (C=O) groups excluding carboxylic acids is 2. The normalized spacial score (nSPS) is 13.6. The molecule has 1 aliphatic heterocycles. The maximum atomic E-state index is 12.5. The van der Waals surface area contributed by atoms with Gasteiger partial charge in [-0.25, -0.2) is 0 Å². The Morgan fingerprint density at radius 3 is 2.23 bits per heavy atom. The fourth-order valence-corrected chi connectivity index (χ4v) is 3.45. The number of unbranched alkanes of at least 4 members (excludes halogenated alkanes) is 4. The number of rotatable bonds is 10. The first-order valence-corrected chi connectivity index (χ1v) is 11.2. The molecule has 0 aromatic heterocycles. The maximum Gasteiger partial charge on any atom is 0.255 e. The molecule has 2 aromatic carbocycles. The van der Waals surface area contributed by atoms with E-state index in [0.717, 1.165) is 12.2 Å². The highest BCUT2D eigenvalue weighted by Gasteiger charge is 2.18. The lowest BCUT2D eigenvalue weighted by Crippen LogP contribution is -2.40. The van der Waals surface area contributed by atoms with Gasteiger partial charge in [0.05, 0.1) is 19.8 Å². The molecule has 166 valence electrons. The van der Waals surface area contributed by atoms with Crippen molar-refractivity contribution in [2.75, 3.05) is 38.2 Å². The molecule has 0 unspecified atom stereocenters. The lowest BCUT2D eigenvalue weighted by molar-refractivity contribution is 0.0303. The van der Waals surface area contributed by atoms with Gasteiger partial charge in [0.1, 0.15) is 5.75 Å². The van der Waals surface area contributed by atoms with E-state index in [0.29, 0.717) is 49.7 Å². The molecule has 0 radical (unpaired) electrons. The number of morpholine rings is 1. The van der Waals surface area contributed by atoms with Gasteiger partial charge in [0, 0.05) is 29.9 Å². The van der Waals surface area contributed by atoms with Crippen molar-refractivity contribution in [1.82, 2.24) is 4.90 Å². The fourth-order valence-electron chi connectivity index (χ4n) is 3.45. The zero-order valence-corrected chi connectivity index (χ0v) is 18.3. The molecule has 3 rings (SSSR count). The molecule has 0 aliphatic carbocycles. The summed E-state index contributed by atoms with van der Waals surface area (Å²) >= 11 is 0. The molecule has 6 heteroatoms. The van der Waals surface area contributed by atoms with Crippen molar-refractivity contribution in [2.24, 2.45) is 0 Å². The van der Waals surface area contributed by atoms with E-state index in [1.807, 2.05) is 12.1 Å². The van der Waals surface area contributed by atoms with Gasteiger partial charge in [-0.3, -0.25) is 9.59 Å². The summed E-state index contributed by atoms with van der Waals surface area (Å²) in [7, 11) is 0. The van der Waals surface area contributed by atoms with Crippen LogP contribution in [-0.2, 0) is 4.74 Å². The molecular formula is C25H32N2O4. The van der Waals surface area contributed by atoms with Crippen molar-refractivity contribution < 1.29 is 19.1 Å². The third-order valence-electron chi connectivity index (χ3n) is 5.32. The SMILES string of the molecule is CCCCCCCOc1ccc(C(=O)Nc2ccc(C(=O)N3CCOCC3)cc2)cc1. The highest BCUT2D eigenvalue weighted by molar-refractivity contribution is 6.04. The van der Waals surface area contributed by atoms with Crippen LogP contribution in [0.2, 0.25) is 0 Å². The number of ether oxygens (including phenoxy) is 2. The fraction of sp³-hybridized carbons (Fsp3) is 0.440. The molecule has 0 saturated carbocycles. The number of hydrogen-bond donors (Lipinski definition) is 1. The van der Waals surface area contributed by atoms with Crippen molar-refractivity contribution in [3.05, 3.63) is 59.7 Å². The highest BCUT2D eigenvalue weighted by Crippen LogP contribution is 2.17. The molecule has 1 heterocycles. The molecule has 1 aliphatic rings. The highest BCUT2D eigenvalue weighted by atomic mass is 16.5. The first-order valence-electron chi connectivity index (χ1n) is 11.2. The van der Waals surface area contributed by atoms with Gasteiger partial charge in [0.2, 0.25) is 0 Å². The number of carbonyl (C=O) groups is 2. The molecule has 0 atom stereocenters. The van der Waals surface area contributed by atoms with Crippen LogP contribution in [0.1, 0.15) is 59.7 Å². The van der Waals surface area contributed by atoms with Gasteiger partial charge in [-0.1, -0.05) is 32.6 Å². The van der Waals surface area contributed by atoms with Crippen LogP contribution in [0.5, 0.6) is 5.75 Å². The summed E-state index contributed by atoms with van der Waals surface area (Å²) in [5.74, 6) is 0.568. The second-order valence-electron chi connectivity index (χ2n) is 7.72. The van der Waals surface area contributed by atoms with E-state index in [1.54, 1.807) is 41.3 Å². The summed E-state index contributed by atoms with van der Waals surface area (Å²) in [6.45, 7) is 5.26. The smallest absolute Gasteiger partial charge is 0.255 e. The van der Waals surface area contributed by atoms with E-state index in [9.17, 15) is 9.59 Å². The molecule has 2 amide bonds. The van der Waals surface area contributed by atoms with Crippen LogP contribution in [0.15, 0.2) is 48.5 Å². The van der Waals surface area contributed by atoms with Crippen LogP contribution in [0.3, 0.4) is 0 Å². The van der Waals surface area contributed by atoms with Crippen LogP contribution in [0.4, 0.5) is 5.69 Å². The van der Waals surface area contributed by atoms with Crippen molar-refractivity contribution >= 4 is 17.5 Å². The lowest BCUT2D eigenvalue weighted by Gasteiger charge is -2.26. The predicted molar refractivity (Wildman–Crippen MR) is 122 cm³/mol. The first-order chi connectivity index (χ1) is 15.2. The van der Waals surface area contributed by atoms with Crippen molar-refractivity contribution in [1.29, 1.82) is 0 Å². The second kappa shape index (κ2) is 12.1. The average Bonchev–Trinajstić information content (AvgIpc) is 2.82. The Hall–Kier alpha value is -2.86. The minimum atomic E-state index is -0.196. The molecule has 0 spiro atoms. The largest absolute Gasteiger partial charge is 0.494 e. The number of nitrogens with one attached hydrogen (secondary N) is 1. The zero-order valence-electron chi connectivity index (χ0n) is 18.3. The maximum absolute atomic E-state index is 12.5. The van der Waals surface area contributed by atoms with Gasteiger partial charge in [0.25, 0.3) is 11.8 Å². The van der Waals surface area contributed by atoms with Crippen LogP contribution >= 0.6 is 0 Å². The molecular weight excluding hydrogens is 392 g/mol. The lowest BCUT2D eigenvalue weighted by atomic mass is 10.1. The Morgan fingerprint density at radius 2 is 1.55 bits per heavy atom. The standard InChI is InChI=1S/C25H32N2O4/c1-2-3-4-5-6-17-31-23-13-9-20(10-14-23)24(28)26-22-11-7-21(8-12-22)25(29)27-15-18-30-19-16-27/h7-14H,2-6,15-19H2,1H3,(H,26,28). The van der Waals surface area contributed by atoms with E-state index >= 15 is 0 Å². The van der Waals surface area contributed by atoms with Gasteiger partial charge in [-0.15, -0.1) is 0 Å². The summed E-state index contributed by atoms with van der Waals surface area (Å²) in [4.78, 5) is 26.8. The quantitative estimate of drug-likeness (QED) is 0.559. The van der Waals surface area contributed by atoms with Crippen LogP contribution < -0.4 is 10.1 Å². The van der Waals surface area contributed by atoms with Gasteiger partial charge < -0.3 is 19.7 Å². The first kappa shape index (κ1) is 22.8. The summed E-state index contributed by atoms with van der Waals surface area (Å²) in [6, 6.07) is 14.2. The molecule has 1 N–H and O–H groups in total. The predicted octanol–water partition coefficient (Wildman–Crippen LogP) is 4.76. The Bertz CT molecular complexity index is 828. The summed E-state index contributed by atoms with van der Waals surface area (Å²) in [6.07, 6.45) is 6.00. The van der Waals surface area contributed by atoms with Crippen LogP contribution in [0.25, 0.3) is 0 Å². The zero-order chi connectivity index (χ0) is 21.9. The molecule has 1 saturated heterocycles. The van der Waals surface area contributed by atoms with E-state index in [4.69, 9.17) is 9.47 Å². The number of anilines is 1. The molecule has 2 aromatic rings. The van der Waals surface area contributed by atoms with Gasteiger partial charge in [-0.05, 0) is 55.0 Å².